The molecule has 1 N–H and O–H groups in total. The van der Waals surface area contributed by atoms with Gasteiger partial charge in [-0.05, 0) is 39.2 Å². The van der Waals surface area contributed by atoms with Crippen LogP contribution in [0, 0.1) is 11.8 Å². The first-order valence-electron chi connectivity index (χ1n) is 11.6. The Labute approximate surface area is 200 Å². The fraction of sp³-hybridized carbons (Fsp3) is 0.500. The molecule has 0 fully saturated rings. The predicted molar refractivity (Wildman–Crippen MR) is 125 cm³/mol. The molecule has 0 amide bonds. The molecule has 3 atom stereocenters. The Balaban J connectivity index is 2.13. The second-order valence-electron chi connectivity index (χ2n) is 8.34. The van der Waals surface area contributed by atoms with Gasteiger partial charge in [0, 0.05) is 29.1 Å². The molecule has 0 saturated heterocycles. The molecule has 1 aliphatic heterocycles. The number of allylic oxidation sites excluding steroid dienone is 3. The third kappa shape index (κ3) is 5.01. The molecule has 0 saturated carbocycles. The molecule has 1 aliphatic carbocycles. The number of rotatable bonds is 9. The molecule has 3 unspecified atom stereocenters. The molecule has 1 aromatic carbocycles. The van der Waals surface area contributed by atoms with Gasteiger partial charge in [0.25, 0.3) is 0 Å². The topological polar surface area (TPSA) is 100 Å². The fourth-order valence-corrected chi connectivity index (χ4v) is 4.68. The molecular weight excluding hydrogens is 438 g/mol. The van der Waals surface area contributed by atoms with Crippen LogP contribution in [0.4, 0.5) is 0 Å². The number of para-hydroxylation sites is 1. The summed E-state index contributed by atoms with van der Waals surface area (Å²) in [7, 11) is 1.28. The van der Waals surface area contributed by atoms with Gasteiger partial charge in [-0.2, -0.15) is 0 Å². The summed E-state index contributed by atoms with van der Waals surface area (Å²) >= 11 is 0. The maximum atomic E-state index is 13.8. The molecule has 0 spiro atoms. The normalized spacial score (nSPS) is 22.1. The van der Waals surface area contributed by atoms with E-state index in [1.54, 1.807) is 6.92 Å². The van der Waals surface area contributed by atoms with Gasteiger partial charge in [-0.25, -0.2) is 4.79 Å². The van der Waals surface area contributed by atoms with Crippen molar-refractivity contribution in [2.45, 2.75) is 40.0 Å². The van der Waals surface area contributed by atoms with Crippen molar-refractivity contribution >= 4 is 17.7 Å². The Morgan fingerprint density at radius 1 is 1.12 bits per heavy atom. The minimum Gasteiger partial charge on any atom is -0.494 e. The van der Waals surface area contributed by atoms with Gasteiger partial charge in [0.2, 0.25) is 0 Å². The number of dihydropyridines is 1. The molecule has 2 aliphatic rings. The summed E-state index contributed by atoms with van der Waals surface area (Å²) < 4.78 is 21.6. The number of ketones is 1. The van der Waals surface area contributed by atoms with Gasteiger partial charge in [0.15, 0.2) is 5.78 Å². The second-order valence-corrected chi connectivity index (χ2v) is 8.34. The van der Waals surface area contributed by atoms with Gasteiger partial charge in [-0.3, -0.25) is 9.59 Å². The van der Waals surface area contributed by atoms with E-state index >= 15 is 0 Å². The molecule has 8 heteroatoms. The molecule has 34 heavy (non-hydrogen) atoms. The van der Waals surface area contributed by atoms with Crippen LogP contribution in [-0.2, 0) is 28.6 Å². The zero-order valence-corrected chi connectivity index (χ0v) is 20.4. The summed E-state index contributed by atoms with van der Waals surface area (Å²) in [5.41, 5.74) is 2.67. The Morgan fingerprint density at radius 3 is 2.53 bits per heavy atom. The Bertz CT molecular complexity index is 1010. The number of ether oxygens (including phenoxy) is 4. The van der Waals surface area contributed by atoms with Crippen LogP contribution in [0.2, 0.25) is 0 Å². The van der Waals surface area contributed by atoms with Crippen LogP contribution in [0.1, 0.15) is 45.6 Å². The van der Waals surface area contributed by atoms with E-state index in [0.29, 0.717) is 53.5 Å². The molecule has 1 aromatic rings. The van der Waals surface area contributed by atoms with Crippen molar-refractivity contribution in [1.82, 2.24) is 5.32 Å². The Kier molecular flexibility index (Phi) is 8.50. The van der Waals surface area contributed by atoms with Gasteiger partial charge in [0.1, 0.15) is 18.3 Å². The van der Waals surface area contributed by atoms with Crippen molar-refractivity contribution in [1.29, 1.82) is 0 Å². The van der Waals surface area contributed by atoms with Crippen LogP contribution >= 0.6 is 0 Å². The average Bonchev–Trinajstić information content (AvgIpc) is 2.81. The lowest BCUT2D eigenvalue weighted by molar-refractivity contribution is -0.151. The largest absolute Gasteiger partial charge is 0.494 e. The van der Waals surface area contributed by atoms with Gasteiger partial charge in [-0.15, -0.1) is 0 Å². The summed E-state index contributed by atoms with van der Waals surface area (Å²) in [6.07, 6.45) is 0.470. The van der Waals surface area contributed by atoms with Crippen LogP contribution in [0.25, 0.3) is 0 Å². The molecule has 184 valence electrons. The molecule has 8 nitrogen and oxygen atoms in total. The quantitative estimate of drug-likeness (QED) is 0.333. The smallest absolute Gasteiger partial charge is 0.336 e. The standard InChI is InChI=1S/C26H33NO7/c1-6-32-12-13-34-26(30)21-16(4)27-18-14-15(3)20(25(29)31-5)24(28)23(18)22(21)17-10-8-9-11-19(17)33-7-2/h8-11,15,20,22,27H,6-7,12-14H2,1-5H3. The zero-order chi connectivity index (χ0) is 24.8. The zero-order valence-electron chi connectivity index (χ0n) is 20.4. The summed E-state index contributed by atoms with van der Waals surface area (Å²) in [6, 6.07) is 7.32. The number of hydrogen-bond donors (Lipinski definition) is 1. The first-order valence-corrected chi connectivity index (χ1v) is 11.6. The number of Topliss-reactive ketones (excluding diaryl/α,β-unsaturated/α-hetero) is 1. The van der Waals surface area contributed by atoms with Gasteiger partial charge in [-0.1, -0.05) is 25.1 Å². The van der Waals surface area contributed by atoms with Crippen LogP contribution in [0.3, 0.4) is 0 Å². The SMILES string of the molecule is CCOCCOC(=O)C1=C(C)NC2=C(C(=O)C(C(=O)OC)C(C)C2)C1c1ccccc1OCC. The fourth-order valence-electron chi connectivity index (χ4n) is 4.68. The summed E-state index contributed by atoms with van der Waals surface area (Å²) in [5.74, 6) is -2.84. The first-order chi connectivity index (χ1) is 16.3. The van der Waals surface area contributed by atoms with E-state index in [9.17, 15) is 14.4 Å². The van der Waals surface area contributed by atoms with E-state index < -0.39 is 23.8 Å². The van der Waals surface area contributed by atoms with E-state index in [1.807, 2.05) is 45.0 Å². The number of methoxy groups -OCH3 is 1. The van der Waals surface area contributed by atoms with Crippen LogP contribution in [0.5, 0.6) is 5.75 Å². The van der Waals surface area contributed by atoms with Crippen LogP contribution in [-0.4, -0.2) is 51.3 Å². The number of carbonyl (C=O) groups is 3. The maximum absolute atomic E-state index is 13.8. The molecule has 3 rings (SSSR count). The van der Waals surface area contributed by atoms with Crippen molar-refractivity contribution < 1.29 is 33.3 Å². The third-order valence-corrected chi connectivity index (χ3v) is 6.16. The third-order valence-electron chi connectivity index (χ3n) is 6.16. The number of hydrogen-bond acceptors (Lipinski definition) is 8. The second kappa shape index (κ2) is 11.3. The number of benzene rings is 1. The van der Waals surface area contributed by atoms with Crippen molar-refractivity contribution in [2.24, 2.45) is 11.8 Å². The van der Waals surface area contributed by atoms with E-state index in [0.717, 1.165) is 0 Å². The highest BCUT2D eigenvalue weighted by Crippen LogP contribution is 2.47. The van der Waals surface area contributed by atoms with Crippen molar-refractivity contribution in [3.8, 4) is 5.75 Å². The maximum Gasteiger partial charge on any atom is 0.336 e. The Morgan fingerprint density at radius 2 is 1.85 bits per heavy atom. The van der Waals surface area contributed by atoms with Gasteiger partial charge >= 0.3 is 11.9 Å². The molecule has 0 radical (unpaired) electrons. The lowest BCUT2D eigenvalue weighted by atomic mass is 9.69. The molecule has 0 bridgehead atoms. The van der Waals surface area contributed by atoms with E-state index in [4.69, 9.17) is 18.9 Å². The van der Waals surface area contributed by atoms with Crippen LogP contribution in [0.15, 0.2) is 46.8 Å². The lowest BCUT2D eigenvalue weighted by Gasteiger charge is -2.38. The van der Waals surface area contributed by atoms with Crippen molar-refractivity contribution in [2.75, 3.05) is 33.5 Å². The minimum absolute atomic E-state index is 0.0882. The monoisotopic (exact) mass is 471 g/mol. The van der Waals surface area contributed by atoms with Gasteiger partial charge in [0.05, 0.1) is 31.8 Å². The molecule has 1 heterocycles. The summed E-state index contributed by atoms with van der Waals surface area (Å²) in [5, 5.41) is 3.25. The molecule has 0 aromatic heterocycles. The van der Waals surface area contributed by atoms with Crippen molar-refractivity contribution in [3.63, 3.8) is 0 Å². The first kappa shape index (κ1) is 25.5. The lowest BCUT2D eigenvalue weighted by Crippen LogP contribution is -2.43. The van der Waals surface area contributed by atoms with E-state index in [-0.39, 0.29) is 24.9 Å². The minimum atomic E-state index is -0.944. The number of esters is 2. The predicted octanol–water partition coefficient (Wildman–Crippen LogP) is 3.28. The highest BCUT2D eigenvalue weighted by molar-refractivity contribution is 6.12. The van der Waals surface area contributed by atoms with E-state index in [1.165, 1.54) is 7.11 Å². The van der Waals surface area contributed by atoms with Crippen LogP contribution < -0.4 is 10.1 Å². The summed E-state index contributed by atoms with van der Waals surface area (Å²) in [4.78, 5) is 39.6. The van der Waals surface area contributed by atoms with Crippen molar-refractivity contribution in [3.05, 3.63) is 52.4 Å². The van der Waals surface area contributed by atoms with E-state index in [2.05, 4.69) is 5.32 Å². The number of carbonyl (C=O) groups excluding carboxylic acids is 3. The average molecular weight is 472 g/mol. The Hall–Kier alpha value is -3.13. The van der Waals surface area contributed by atoms with Gasteiger partial charge < -0.3 is 24.3 Å². The number of nitrogens with one attached hydrogen (secondary N) is 1. The molecular formula is C26H33NO7. The highest BCUT2D eigenvalue weighted by atomic mass is 16.6. The summed E-state index contributed by atoms with van der Waals surface area (Å²) in [6.45, 7) is 8.67. The highest BCUT2D eigenvalue weighted by Gasteiger charge is 2.47.